The number of aromatic nitrogens is 1. The van der Waals surface area contributed by atoms with Crippen molar-refractivity contribution in [2.75, 3.05) is 38.6 Å². The van der Waals surface area contributed by atoms with Crippen LogP contribution in [0.5, 0.6) is 0 Å². The molecule has 0 bridgehead atoms. The molecule has 0 unspecified atom stereocenters. The van der Waals surface area contributed by atoms with E-state index >= 15 is 0 Å². The highest BCUT2D eigenvalue weighted by Crippen LogP contribution is 2.34. The summed E-state index contributed by atoms with van der Waals surface area (Å²) in [5.74, 6) is -0.196. The third kappa shape index (κ3) is 4.34. The zero-order valence-corrected chi connectivity index (χ0v) is 21.2. The van der Waals surface area contributed by atoms with Gasteiger partial charge in [0.15, 0.2) is 5.13 Å². The zero-order chi connectivity index (χ0) is 23.0. The second-order valence-corrected chi connectivity index (χ2v) is 12.4. The first-order valence-electron chi connectivity index (χ1n) is 10.6. The van der Waals surface area contributed by atoms with Crippen molar-refractivity contribution in [3.05, 3.63) is 40.8 Å². The molecule has 0 spiro atoms. The minimum atomic E-state index is -3.70. The van der Waals surface area contributed by atoms with Crippen LogP contribution in [-0.2, 0) is 14.8 Å². The summed E-state index contributed by atoms with van der Waals surface area (Å²) in [6, 6.07) is 6.72. The maximum atomic E-state index is 13.8. The Bertz CT molecular complexity index is 1220. The number of sulfonamides is 1. The van der Waals surface area contributed by atoms with Crippen molar-refractivity contribution in [2.24, 2.45) is 0 Å². The highest BCUT2D eigenvalue weighted by molar-refractivity contribution is 7.91. The molecule has 0 saturated carbocycles. The third-order valence-electron chi connectivity index (χ3n) is 5.89. The van der Waals surface area contributed by atoms with Crippen molar-refractivity contribution in [2.45, 2.75) is 36.9 Å². The lowest BCUT2D eigenvalue weighted by Gasteiger charge is -2.29. The first kappa shape index (κ1) is 23.3. The summed E-state index contributed by atoms with van der Waals surface area (Å²) in [5, 5.41) is 2.37. The summed E-state index contributed by atoms with van der Waals surface area (Å²) in [6.45, 7) is 5.56. The molecule has 1 aromatic carbocycles. The van der Waals surface area contributed by atoms with Gasteiger partial charge in [0, 0.05) is 19.6 Å². The summed E-state index contributed by atoms with van der Waals surface area (Å²) in [6.07, 6.45) is 1.19. The molecule has 7 nitrogen and oxygen atoms in total. The van der Waals surface area contributed by atoms with Crippen LogP contribution in [0.25, 0.3) is 10.2 Å². The van der Waals surface area contributed by atoms with Gasteiger partial charge in [-0.15, -0.1) is 11.3 Å². The highest BCUT2D eigenvalue weighted by Gasteiger charge is 2.42. The van der Waals surface area contributed by atoms with Crippen molar-refractivity contribution >= 4 is 54.0 Å². The summed E-state index contributed by atoms with van der Waals surface area (Å²) < 4.78 is 29.1. The summed E-state index contributed by atoms with van der Waals surface area (Å²) in [4.78, 5) is 22.3. The van der Waals surface area contributed by atoms with Crippen LogP contribution < -0.4 is 4.90 Å². The normalized spacial score (nSPS) is 17.5. The fourth-order valence-corrected chi connectivity index (χ4v) is 7.74. The number of aryl methyl sites for hydroxylation is 2. The quantitative estimate of drug-likeness (QED) is 0.503. The second-order valence-electron chi connectivity index (χ2n) is 8.35. The SMILES string of the molecule is Cc1ccc2sc(N(CCN(C)C)C(=O)[C@@H]3CCCN3S(=O)(=O)c3cccs3)nc2c1C. The maximum Gasteiger partial charge on any atom is 0.253 e. The van der Waals surface area contributed by atoms with Gasteiger partial charge in [0.25, 0.3) is 10.0 Å². The standard InChI is InChI=1S/C22H28N4O3S3/c1-15-9-10-18-20(16(15)2)23-22(31-18)25(13-12-24(3)4)21(27)17-7-5-11-26(17)32(28,29)19-8-6-14-30-19/h6,8-10,14,17H,5,7,11-13H2,1-4H3/t17-/m0/s1. The van der Waals surface area contributed by atoms with E-state index in [-0.39, 0.29) is 10.1 Å². The van der Waals surface area contributed by atoms with Crippen LogP contribution in [0.1, 0.15) is 24.0 Å². The van der Waals surface area contributed by atoms with Crippen LogP contribution in [-0.4, -0.2) is 68.3 Å². The average molecular weight is 493 g/mol. The fraction of sp³-hybridized carbons (Fsp3) is 0.455. The molecule has 4 rings (SSSR count). The van der Waals surface area contributed by atoms with Gasteiger partial charge in [0.2, 0.25) is 5.91 Å². The summed E-state index contributed by atoms with van der Waals surface area (Å²) >= 11 is 2.67. The Morgan fingerprint density at radius 2 is 2.00 bits per heavy atom. The first-order valence-corrected chi connectivity index (χ1v) is 13.7. The number of hydrogen-bond acceptors (Lipinski definition) is 7. The Labute approximate surface area is 197 Å². The van der Waals surface area contributed by atoms with Crippen LogP contribution in [0.2, 0.25) is 0 Å². The van der Waals surface area contributed by atoms with Crippen LogP contribution in [0.4, 0.5) is 5.13 Å². The van der Waals surface area contributed by atoms with Gasteiger partial charge in [-0.1, -0.05) is 23.5 Å². The predicted molar refractivity (Wildman–Crippen MR) is 131 cm³/mol. The highest BCUT2D eigenvalue weighted by atomic mass is 32.2. The molecule has 32 heavy (non-hydrogen) atoms. The molecule has 0 aliphatic carbocycles. The minimum Gasteiger partial charge on any atom is -0.308 e. The number of thiazole rings is 1. The molecule has 3 heterocycles. The molecule has 0 radical (unpaired) electrons. The molecule has 172 valence electrons. The number of amides is 1. The molecular formula is C22H28N4O3S3. The van der Waals surface area contributed by atoms with Gasteiger partial charge in [0.05, 0.1) is 10.2 Å². The Balaban J connectivity index is 1.70. The lowest BCUT2D eigenvalue weighted by Crippen LogP contribution is -2.49. The Morgan fingerprint density at radius 1 is 1.22 bits per heavy atom. The van der Waals surface area contributed by atoms with Gasteiger partial charge in [-0.3, -0.25) is 9.69 Å². The lowest BCUT2D eigenvalue weighted by molar-refractivity contribution is -0.121. The van der Waals surface area contributed by atoms with E-state index in [1.807, 2.05) is 32.0 Å². The molecule has 1 aliphatic rings. The molecular weight excluding hydrogens is 464 g/mol. The number of thiophene rings is 1. The number of rotatable bonds is 7. The Hall–Kier alpha value is -1.85. The largest absolute Gasteiger partial charge is 0.308 e. The maximum absolute atomic E-state index is 13.8. The lowest BCUT2D eigenvalue weighted by atomic mass is 10.1. The predicted octanol–water partition coefficient (Wildman–Crippen LogP) is 3.72. The minimum absolute atomic E-state index is 0.196. The van der Waals surface area contributed by atoms with E-state index in [2.05, 4.69) is 13.0 Å². The monoisotopic (exact) mass is 492 g/mol. The molecule has 1 fully saturated rings. The Kier molecular flexibility index (Phi) is 6.69. The van der Waals surface area contributed by atoms with E-state index in [4.69, 9.17) is 4.98 Å². The van der Waals surface area contributed by atoms with Gasteiger partial charge >= 0.3 is 0 Å². The summed E-state index contributed by atoms with van der Waals surface area (Å²) in [5.41, 5.74) is 3.17. The van der Waals surface area contributed by atoms with E-state index < -0.39 is 16.1 Å². The number of fused-ring (bicyclic) bond motifs is 1. The second kappa shape index (κ2) is 9.18. The van der Waals surface area contributed by atoms with Crippen molar-refractivity contribution in [1.29, 1.82) is 0 Å². The van der Waals surface area contributed by atoms with E-state index in [1.165, 1.54) is 27.0 Å². The molecule has 0 N–H and O–H groups in total. The number of carbonyl (C=O) groups is 1. The molecule has 1 amide bonds. The van der Waals surface area contributed by atoms with Crippen molar-refractivity contribution in [3.63, 3.8) is 0 Å². The Morgan fingerprint density at radius 3 is 2.69 bits per heavy atom. The third-order valence-corrected chi connectivity index (χ3v) is 10.2. The zero-order valence-electron chi connectivity index (χ0n) is 18.7. The van der Waals surface area contributed by atoms with Crippen molar-refractivity contribution in [1.82, 2.24) is 14.2 Å². The molecule has 1 saturated heterocycles. The van der Waals surface area contributed by atoms with Crippen LogP contribution >= 0.6 is 22.7 Å². The number of benzene rings is 1. The smallest absolute Gasteiger partial charge is 0.253 e. The fourth-order valence-electron chi connectivity index (χ4n) is 3.91. The van der Waals surface area contributed by atoms with Crippen LogP contribution in [0.3, 0.4) is 0 Å². The van der Waals surface area contributed by atoms with Gasteiger partial charge in [-0.2, -0.15) is 4.31 Å². The van der Waals surface area contributed by atoms with Crippen molar-refractivity contribution in [3.8, 4) is 0 Å². The molecule has 1 aliphatic heterocycles. The molecule has 3 aromatic rings. The summed E-state index contributed by atoms with van der Waals surface area (Å²) in [7, 11) is 0.215. The molecule has 1 atom stereocenters. The van der Waals surface area contributed by atoms with E-state index in [1.54, 1.807) is 22.4 Å². The van der Waals surface area contributed by atoms with Gasteiger partial charge in [-0.05, 0) is 69.4 Å². The molecule has 10 heteroatoms. The van der Waals surface area contributed by atoms with Crippen molar-refractivity contribution < 1.29 is 13.2 Å². The number of carbonyl (C=O) groups excluding carboxylic acids is 1. The van der Waals surface area contributed by atoms with Gasteiger partial charge < -0.3 is 4.90 Å². The van der Waals surface area contributed by atoms with Gasteiger partial charge in [0.1, 0.15) is 10.3 Å². The number of likely N-dealkylation sites (N-methyl/N-ethyl adjacent to an activating group) is 1. The first-order chi connectivity index (χ1) is 15.2. The average Bonchev–Trinajstić information content (AvgIpc) is 3.51. The van der Waals surface area contributed by atoms with E-state index in [0.29, 0.717) is 37.6 Å². The van der Waals surface area contributed by atoms with Crippen LogP contribution in [0.15, 0.2) is 33.9 Å². The van der Waals surface area contributed by atoms with Gasteiger partial charge in [-0.25, -0.2) is 13.4 Å². The number of anilines is 1. The molecule has 2 aromatic heterocycles. The van der Waals surface area contributed by atoms with E-state index in [9.17, 15) is 13.2 Å². The number of hydrogen-bond donors (Lipinski definition) is 0. The topological polar surface area (TPSA) is 73.8 Å². The number of nitrogens with zero attached hydrogens (tertiary/aromatic N) is 4. The van der Waals surface area contributed by atoms with E-state index in [0.717, 1.165) is 21.3 Å². The van der Waals surface area contributed by atoms with Crippen LogP contribution in [0, 0.1) is 13.8 Å².